The molecule has 0 aliphatic carbocycles. The molecule has 0 heterocycles. The van der Waals surface area contributed by atoms with Gasteiger partial charge in [-0.3, -0.25) is 0 Å². The van der Waals surface area contributed by atoms with Gasteiger partial charge in [-0.05, 0) is 0 Å². The van der Waals surface area contributed by atoms with Crippen LogP contribution < -0.4 is 0 Å². The van der Waals surface area contributed by atoms with E-state index in [1.54, 1.807) is 0 Å². The molecule has 1 unspecified atom stereocenters. The molecule has 0 aromatic heterocycles. The molecule has 0 saturated carbocycles. The predicted molar refractivity (Wildman–Crippen MR) is 41.6 cm³/mol. The molecule has 0 radical (unpaired) electrons. The van der Waals surface area contributed by atoms with Gasteiger partial charge >= 0.3 is 71.2 Å². The van der Waals surface area contributed by atoms with Crippen LogP contribution in [0, 0.1) is 0 Å². The van der Waals surface area contributed by atoms with E-state index in [9.17, 15) is 9.59 Å². The zero-order chi connectivity index (χ0) is 8.15. The van der Waals surface area contributed by atoms with Crippen molar-refractivity contribution < 1.29 is 9.59 Å². The van der Waals surface area contributed by atoms with Crippen molar-refractivity contribution in [3.8, 4) is 0 Å². The van der Waals surface area contributed by atoms with E-state index < -0.39 is 4.28 Å². The minimum absolute atomic E-state index is 0.0390. The maximum absolute atomic E-state index is 10.5. The van der Waals surface area contributed by atoms with Crippen LogP contribution in [-0.2, 0) is 9.59 Å². The second kappa shape index (κ2) is 4.89. The van der Waals surface area contributed by atoms with Gasteiger partial charge in [-0.2, -0.15) is 0 Å². The van der Waals surface area contributed by atoms with Crippen molar-refractivity contribution in [2.24, 2.45) is 0 Å². The fourth-order valence-electron chi connectivity index (χ4n) is 0.308. The van der Waals surface area contributed by atoms with Gasteiger partial charge in [0.15, 0.2) is 0 Å². The summed E-state index contributed by atoms with van der Waals surface area (Å²) in [6, 6.07) is 0. The third-order valence-corrected chi connectivity index (χ3v) is 4.23. The second-order valence-corrected chi connectivity index (χ2v) is 5.26. The molecule has 0 fully saturated rings. The summed E-state index contributed by atoms with van der Waals surface area (Å²) in [5.41, 5.74) is 0. The van der Waals surface area contributed by atoms with E-state index in [1.807, 2.05) is 0 Å². The summed E-state index contributed by atoms with van der Waals surface area (Å²) in [5.74, 6) is 0.0646. The zero-order valence-corrected chi connectivity index (χ0v) is 8.36. The Morgan fingerprint density at radius 3 is 2.30 bits per heavy atom. The Morgan fingerprint density at radius 1 is 1.50 bits per heavy atom. The van der Waals surface area contributed by atoms with Gasteiger partial charge in [0, 0.05) is 0 Å². The molecule has 0 saturated heterocycles. The number of halogens is 1. The van der Waals surface area contributed by atoms with Crippen LogP contribution in [0.25, 0.3) is 0 Å². The number of carbonyl (C=O) groups is 2. The molecule has 58 valence electrons. The third kappa shape index (κ3) is 4.98. The van der Waals surface area contributed by atoms with Gasteiger partial charge in [0.05, 0.1) is 0 Å². The summed E-state index contributed by atoms with van der Waals surface area (Å²) >= 11 is 5.53. The molecule has 0 amide bonds. The van der Waals surface area contributed by atoms with Crippen molar-refractivity contribution in [1.82, 2.24) is 0 Å². The summed E-state index contributed by atoms with van der Waals surface area (Å²) in [6.07, 6.45) is 0. The number of Topliss-reactive ketones (excluding diaryl/α,β-unsaturated/α-hetero) is 2. The SMILES string of the molecule is CC(=O)C[Se]C(Cl)C(C)=O. The standard InChI is InChI=1S/C6H9ClO2Se/c1-4(8)3-10-6(7)5(2)9/h6H,3H2,1-2H3. The first kappa shape index (κ1) is 10.1. The van der Waals surface area contributed by atoms with Crippen molar-refractivity contribution in [2.75, 3.05) is 0 Å². The number of rotatable bonds is 4. The van der Waals surface area contributed by atoms with Gasteiger partial charge in [0.1, 0.15) is 0 Å². The Hall–Kier alpha value is 0.149. The van der Waals surface area contributed by atoms with E-state index in [0.717, 1.165) is 0 Å². The normalized spacial score (nSPS) is 12.7. The number of alkyl halides is 1. The molecular formula is C6H9ClO2Se. The molecule has 0 N–H and O–H groups in total. The molecule has 0 aromatic carbocycles. The third-order valence-electron chi connectivity index (χ3n) is 0.753. The fraction of sp³-hybridized carbons (Fsp3) is 0.667. The van der Waals surface area contributed by atoms with Crippen LogP contribution in [0.1, 0.15) is 13.8 Å². The minimum atomic E-state index is -0.420. The molecule has 10 heavy (non-hydrogen) atoms. The van der Waals surface area contributed by atoms with Gasteiger partial charge in [0.25, 0.3) is 0 Å². The summed E-state index contributed by atoms with van der Waals surface area (Å²) < 4.78 is -0.420. The predicted octanol–water partition coefficient (Wildman–Crippen LogP) is 0.852. The first-order valence-electron chi connectivity index (χ1n) is 2.79. The van der Waals surface area contributed by atoms with Crippen molar-refractivity contribution in [3.63, 3.8) is 0 Å². The van der Waals surface area contributed by atoms with Gasteiger partial charge in [-0.15, -0.1) is 0 Å². The van der Waals surface area contributed by atoms with E-state index >= 15 is 0 Å². The summed E-state index contributed by atoms with van der Waals surface area (Å²) in [4.78, 5) is 20.9. The van der Waals surface area contributed by atoms with E-state index in [4.69, 9.17) is 11.6 Å². The van der Waals surface area contributed by atoms with Gasteiger partial charge in [-0.1, -0.05) is 0 Å². The quantitative estimate of drug-likeness (QED) is 0.527. The topological polar surface area (TPSA) is 34.1 Å². The Labute approximate surface area is 71.5 Å². The summed E-state index contributed by atoms with van der Waals surface area (Å²) in [6.45, 7) is 2.95. The number of ketones is 2. The van der Waals surface area contributed by atoms with E-state index in [1.165, 1.54) is 13.8 Å². The zero-order valence-electron chi connectivity index (χ0n) is 5.89. The average molecular weight is 228 g/mol. The van der Waals surface area contributed by atoms with Crippen LogP contribution in [0.4, 0.5) is 0 Å². The van der Waals surface area contributed by atoms with Crippen molar-refractivity contribution in [3.05, 3.63) is 0 Å². The van der Waals surface area contributed by atoms with Crippen LogP contribution in [0.5, 0.6) is 0 Å². The van der Waals surface area contributed by atoms with Crippen LogP contribution in [0.3, 0.4) is 0 Å². The van der Waals surface area contributed by atoms with Gasteiger partial charge in [-0.25, -0.2) is 0 Å². The van der Waals surface area contributed by atoms with Gasteiger partial charge < -0.3 is 0 Å². The molecular weight excluding hydrogens is 218 g/mol. The Bertz CT molecular complexity index is 147. The van der Waals surface area contributed by atoms with Crippen LogP contribution in [0.15, 0.2) is 0 Å². The monoisotopic (exact) mass is 228 g/mol. The molecule has 0 aromatic rings. The molecule has 0 aliphatic heterocycles. The molecule has 0 bridgehead atoms. The van der Waals surface area contributed by atoms with E-state index in [-0.39, 0.29) is 26.5 Å². The number of hydrogen-bond acceptors (Lipinski definition) is 2. The Balaban J connectivity index is 3.49. The molecule has 0 aliphatic rings. The average Bonchev–Trinajstić information content (AvgIpc) is 1.82. The van der Waals surface area contributed by atoms with Crippen molar-refractivity contribution in [1.29, 1.82) is 0 Å². The molecule has 2 nitrogen and oxygen atoms in total. The van der Waals surface area contributed by atoms with Crippen LogP contribution in [-0.4, -0.2) is 30.8 Å². The maximum atomic E-state index is 10.5. The van der Waals surface area contributed by atoms with Crippen LogP contribution >= 0.6 is 11.6 Å². The van der Waals surface area contributed by atoms with E-state index in [2.05, 4.69) is 0 Å². The van der Waals surface area contributed by atoms with Crippen molar-refractivity contribution >= 4 is 38.1 Å². The molecule has 0 rings (SSSR count). The first-order valence-corrected chi connectivity index (χ1v) is 5.43. The molecule has 4 heteroatoms. The van der Waals surface area contributed by atoms with Gasteiger partial charge in [0.2, 0.25) is 0 Å². The second-order valence-electron chi connectivity index (χ2n) is 1.94. The van der Waals surface area contributed by atoms with Crippen molar-refractivity contribution in [2.45, 2.75) is 23.4 Å². The number of carbonyl (C=O) groups excluding carboxylic acids is 2. The summed E-state index contributed by atoms with van der Waals surface area (Å²) in [7, 11) is 0. The Kier molecular flexibility index (Phi) is 4.96. The van der Waals surface area contributed by atoms with E-state index in [0.29, 0.717) is 5.32 Å². The Morgan fingerprint density at radius 2 is 2.00 bits per heavy atom. The fourth-order valence-corrected chi connectivity index (χ4v) is 1.93. The molecule has 1 atom stereocenters. The first-order chi connectivity index (χ1) is 4.54. The molecule has 0 spiro atoms. The number of hydrogen-bond donors (Lipinski definition) is 0. The van der Waals surface area contributed by atoms with Crippen LogP contribution in [0.2, 0.25) is 5.32 Å². The summed E-state index contributed by atoms with van der Waals surface area (Å²) in [5, 5.41) is 0.459.